The molecule has 15 heavy (non-hydrogen) atoms. The summed E-state index contributed by atoms with van der Waals surface area (Å²) in [5.74, 6) is -0.124. The predicted molar refractivity (Wildman–Crippen MR) is 57.3 cm³/mol. The summed E-state index contributed by atoms with van der Waals surface area (Å²) in [5.41, 5.74) is 2.13. The largest absolute Gasteiger partial charge is 0.369 e. The molecule has 0 aliphatic carbocycles. The highest BCUT2D eigenvalue weighted by molar-refractivity contribution is 5.99. The summed E-state index contributed by atoms with van der Waals surface area (Å²) in [5, 5.41) is 9.92. The fraction of sp³-hybridized carbons (Fsp3) is 0.250. The highest BCUT2D eigenvalue weighted by atomic mass is 16.3. The number of hydrogen-bond acceptors (Lipinski definition) is 2. The number of aliphatic hydroxyl groups excluding tert-OH is 1. The van der Waals surface area contributed by atoms with Crippen LogP contribution in [-0.2, 0) is 0 Å². The monoisotopic (exact) mass is 203 g/mol. The normalized spacial score (nSPS) is 19.2. The highest BCUT2D eigenvalue weighted by Crippen LogP contribution is 2.31. The highest BCUT2D eigenvalue weighted by Gasteiger charge is 2.34. The summed E-state index contributed by atoms with van der Waals surface area (Å²) in [6.45, 7) is 5.98. The van der Waals surface area contributed by atoms with Gasteiger partial charge in [0.05, 0.1) is 0 Å². The second-order valence-electron chi connectivity index (χ2n) is 3.85. The first kappa shape index (κ1) is 9.93. The Kier molecular flexibility index (Phi) is 2.32. The number of fused-ring (bicyclic) bond motifs is 1. The van der Waals surface area contributed by atoms with E-state index in [-0.39, 0.29) is 5.91 Å². The van der Waals surface area contributed by atoms with Gasteiger partial charge in [-0.25, -0.2) is 0 Å². The van der Waals surface area contributed by atoms with Gasteiger partial charge in [0.25, 0.3) is 5.91 Å². The van der Waals surface area contributed by atoms with Crippen LogP contribution in [0.5, 0.6) is 0 Å². The molecule has 0 aromatic heterocycles. The maximum Gasteiger partial charge on any atom is 0.256 e. The van der Waals surface area contributed by atoms with Crippen LogP contribution in [0.15, 0.2) is 36.4 Å². The van der Waals surface area contributed by atoms with Crippen molar-refractivity contribution < 1.29 is 9.90 Å². The number of hydrogen-bond donors (Lipinski definition) is 1. The van der Waals surface area contributed by atoms with Crippen LogP contribution in [-0.4, -0.2) is 22.5 Å². The molecule has 0 radical (unpaired) electrons. The molecule has 0 saturated heterocycles. The zero-order valence-electron chi connectivity index (χ0n) is 8.60. The van der Waals surface area contributed by atoms with Gasteiger partial charge in [-0.15, -0.1) is 0 Å². The third kappa shape index (κ3) is 1.55. The van der Waals surface area contributed by atoms with Crippen molar-refractivity contribution >= 4 is 5.91 Å². The first-order valence-corrected chi connectivity index (χ1v) is 4.83. The molecule has 0 saturated carbocycles. The number of amides is 1. The summed E-state index contributed by atoms with van der Waals surface area (Å²) in [4.78, 5) is 13.3. The number of aliphatic hydroxyl groups is 1. The molecule has 1 N–H and O–H groups in total. The average molecular weight is 203 g/mol. The van der Waals surface area contributed by atoms with Gasteiger partial charge >= 0.3 is 0 Å². The Morgan fingerprint density at radius 1 is 1.53 bits per heavy atom. The van der Waals surface area contributed by atoms with Crippen LogP contribution in [0.25, 0.3) is 0 Å². The summed E-state index contributed by atoms with van der Waals surface area (Å²) in [7, 11) is 0. The predicted octanol–water partition coefficient (Wildman–Crippen LogP) is 1.71. The van der Waals surface area contributed by atoms with Gasteiger partial charge in [0.15, 0.2) is 6.23 Å². The maximum absolute atomic E-state index is 11.9. The number of carbonyl (C=O) groups is 1. The van der Waals surface area contributed by atoms with E-state index in [1.165, 1.54) is 4.90 Å². The van der Waals surface area contributed by atoms with E-state index in [1.807, 2.05) is 13.0 Å². The Morgan fingerprint density at radius 2 is 2.20 bits per heavy atom. The van der Waals surface area contributed by atoms with Crippen molar-refractivity contribution in [3.63, 3.8) is 0 Å². The van der Waals surface area contributed by atoms with Crippen LogP contribution in [0, 0.1) is 0 Å². The summed E-state index contributed by atoms with van der Waals surface area (Å²) < 4.78 is 0. The number of benzene rings is 1. The van der Waals surface area contributed by atoms with Gasteiger partial charge < -0.3 is 10.0 Å². The third-order valence-electron chi connectivity index (χ3n) is 2.47. The summed E-state index contributed by atoms with van der Waals surface area (Å²) in [6.07, 6.45) is -0.828. The lowest BCUT2D eigenvalue weighted by atomic mass is 10.1. The smallest absolute Gasteiger partial charge is 0.256 e. The molecule has 1 aliphatic rings. The first-order chi connectivity index (χ1) is 7.11. The molecular formula is C12H13NO2. The second-order valence-corrected chi connectivity index (χ2v) is 3.85. The Morgan fingerprint density at radius 3 is 2.80 bits per heavy atom. The number of nitrogens with zero attached hydrogens (tertiary/aromatic N) is 1. The van der Waals surface area contributed by atoms with E-state index < -0.39 is 6.23 Å². The zero-order chi connectivity index (χ0) is 11.0. The van der Waals surface area contributed by atoms with Gasteiger partial charge in [0.1, 0.15) is 0 Å². The van der Waals surface area contributed by atoms with E-state index in [4.69, 9.17) is 0 Å². The zero-order valence-corrected chi connectivity index (χ0v) is 8.60. The molecule has 0 bridgehead atoms. The van der Waals surface area contributed by atoms with Gasteiger partial charge in [0.2, 0.25) is 0 Å². The van der Waals surface area contributed by atoms with Crippen LogP contribution in [0.4, 0.5) is 0 Å². The quantitative estimate of drug-likeness (QED) is 0.743. The lowest BCUT2D eigenvalue weighted by Crippen LogP contribution is -2.29. The molecule has 78 valence electrons. The van der Waals surface area contributed by atoms with Crippen LogP contribution in [0.2, 0.25) is 0 Å². The van der Waals surface area contributed by atoms with Crippen molar-refractivity contribution in [2.24, 2.45) is 0 Å². The lowest BCUT2D eigenvalue weighted by Gasteiger charge is -2.20. The van der Waals surface area contributed by atoms with Crippen molar-refractivity contribution in [3.05, 3.63) is 47.5 Å². The summed E-state index contributed by atoms with van der Waals surface area (Å²) in [6, 6.07) is 7.13. The molecular weight excluding hydrogens is 190 g/mol. The molecule has 1 aromatic carbocycles. The topological polar surface area (TPSA) is 40.5 Å². The molecule has 2 rings (SSSR count). The van der Waals surface area contributed by atoms with Crippen LogP contribution >= 0.6 is 0 Å². The minimum Gasteiger partial charge on any atom is -0.369 e. The van der Waals surface area contributed by atoms with Crippen molar-refractivity contribution in [2.45, 2.75) is 13.2 Å². The fourth-order valence-electron chi connectivity index (χ4n) is 1.80. The van der Waals surface area contributed by atoms with E-state index in [1.54, 1.807) is 18.2 Å². The Balaban J connectivity index is 2.36. The van der Waals surface area contributed by atoms with Gasteiger partial charge in [-0.05, 0) is 13.0 Å². The Bertz CT molecular complexity index is 425. The van der Waals surface area contributed by atoms with Crippen LogP contribution < -0.4 is 0 Å². The Labute approximate surface area is 88.6 Å². The first-order valence-electron chi connectivity index (χ1n) is 4.83. The van der Waals surface area contributed by atoms with E-state index in [9.17, 15) is 9.90 Å². The van der Waals surface area contributed by atoms with Gasteiger partial charge in [-0.2, -0.15) is 0 Å². The number of rotatable bonds is 2. The second kappa shape index (κ2) is 3.51. The molecule has 0 spiro atoms. The molecule has 0 fully saturated rings. The standard InChI is InChI=1S/C12H13NO2/c1-8(2)7-13-11(14)9-5-3-4-6-10(9)12(13)15/h3-6,11,14H,1,7H2,2H3. The minimum atomic E-state index is -0.828. The maximum atomic E-state index is 11.9. The molecule has 1 aromatic rings. The van der Waals surface area contributed by atoms with E-state index in [0.29, 0.717) is 17.7 Å². The lowest BCUT2D eigenvalue weighted by molar-refractivity contribution is 0.0220. The third-order valence-corrected chi connectivity index (χ3v) is 2.47. The fourth-order valence-corrected chi connectivity index (χ4v) is 1.80. The van der Waals surface area contributed by atoms with Crippen molar-refractivity contribution in [2.75, 3.05) is 6.54 Å². The van der Waals surface area contributed by atoms with Crippen LogP contribution in [0.1, 0.15) is 29.1 Å². The molecule has 1 atom stereocenters. The van der Waals surface area contributed by atoms with Crippen molar-refractivity contribution in [3.8, 4) is 0 Å². The van der Waals surface area contributed by atoms with E-state index in [2.05, 4.69) is 6.58 Å². The molecule has 1 unspecified atom stereocenters. The van der Waals surface area contributed by atoms with Crippen LogP contribution in [0.3, 0.4) is 0 Å². The van der Waals surface area contributed by atoms with Gasteiger partial charge in [-0.1, -0.05) is 30.4 Å². The minimum absolute atomic E-state index is 0.124. The van der Waals surface area contributed by atoms with E-state index in [0.717, 1.165) is 5.57 Å². The van der Waals surface area contributed by atoms with Gasteiger partial charge in [0, 0.05) is 17.7 Å². The molecule has 1 amide bonds. The summed E-state index contributed by atoms with van der Waals surface area (Å²) >= 11 is 0. The van der Waals surface area contributed by atoms with E-state index >= 15 is 0 Å². The average Bonchev–Trinajstić information content (AvgIpc) is 2.44. The molecule has 3 heteroatoms. The number of carbonyl (C=O) groups excluding carboxylic acids is 1. The SMILES string of the molecule is C=C(C)CN1C(=O)c2ccccc2C1O. The molecule has 1 aliphatic heterocycles. The molecule has 3 nitrogen and oxygen atoms in total. The van der Waals surface area contributed by atoms with Crippen molar-refractivity contribution in [1.82, 2.24) is 4.90 Å². The Hall–Kier alpha value is -1.61. The van der Waals surface area contributed by atoms with Crippen molar-refractivity contribution in [1.29, 1.82) is 0 Å². The molecule has 1 heterocycles. The van der Waals surface area contributed by atoms with Gasteiger partial charge in [-0.3, -0.25) is 4.79 Å².